The molecule has 0 fully saturated rings. The Labute approximate surface area is 120 Å². The van der Waals surface area contributed by atoms with E-state index >= 15 is 0 Å². The van der Waals surface area contributed by atoms with Crippen molar-refractivity contribution in [1.82, 2.24) is 0 Å². The molecule has 2 nitrogen and oxygen atoms in total. The van der Waals surface area contributed by atoms with Gasteiger partial charge in [0.05, 0.1) is 18.8 Å². The minimum atomic E-state index is 0.751. The minimum absolute atomic E-state index is 0.751. The van der Waals surface area contributed by atoms with E-state index in [0.717, 1.165) is 35.5 Å². The molecule has 4 heteroatoms. The van der Waals surface area contributed by atoms with Crippen LogP contribution in [0.2, 0.25) is 0 Å². The quantitative estimate of drug-likeness (QED) is 0.814. The highest BCUT2D eigenvalue weighted by Gasteiger charge is 2.04. The van der Waals surface area contributed by atoms with Crippen LogP contribution >= 0.6 is 27.3 Å². The molecule has 0 amide bonds. The maximum Gasteiger partial charge on any atom is 0.142 e. The Kier molecular flexibility index (Phi) is 5.08. The number of hydrogen-bond donors (Lipinski definition) is 1. The van der Waals surface area contributed by atoms with Gasteiger partial charge in [-0.15, -0.1) is 11.3 Å². The molecule has 0 unspecified atom stereocenters. The number of anilines is 1. The third-order valence-electron chi connectivity index (χ3n) is 2.48. The second kappa shape index (κ2) is 6.81. The molecule has 0 saturated carbocycles. The van der Waals surface area contributed by atoms with Crippen LogP contribution in [-0.2, 0) is 6.54 Å². The number of hydrogen-bond acceptors (Lipinski definition) is 3. The summed E-state index contributed by atoms with van der Waals surface area (Å²) in [6.07, 6.45) is 1.02. The average Bonchev–Trinajstić information content (AvgIpc) is 2.80. The summed E-state index contributed by atoms with van der Waals surface area (Å²) in [7, 11) is 0. The average molecular weight is 326 g/mol. The smallest absolute Gasteiger partial charge is 0.142 e. The van der Waals surface area contributed by atoms with Crippen LogP contribution in [0, 0.1) is 0 Å². The molecule has 0 aliphatic rings. The first kappa shape index (κ1) is 13.4. The lowest BCUT2D eigenvalue weighted by molar-refractivity contribution is 0.319. The molecule has 0 atom stereocenters. The summed E-state index contributed by atoms with van der Waals surface area (Å²) >= 11 is 5.28. The Bertz CT molecular complexity index is 498. The van der Waals surface area contributed by atoms with E-state index in [1.807, 2.05) is 24.3 Å². The monoisotopic (exact) mass is 325 g/mol. The molecule has 2 aromatic rings. The van der Waals surface area contributed by atoms with Gasteiger partial charge in [-0.1, -0.05) is 19.1 Å². The first-order valence-electron chi connectivity index (χ1n) is 5.99. The molecular weight excluding hydrogens is 310 g/mol. The van der Waals surface area contributed by atoms with Gasteiger partial charge in [0.2, 0.25) is 0 Å². The van der Waals surface area contributed by atoms with Crippen molar-refractivity contribution in [3.63, 3.8) is 0 Å². The predicted molar refractivity (Wildman–Crippen MR) is 81.6 cm³/mol. The Morgan fingerprint density at radius 1 is 1.28 bits per heavy atom. The van der Waals surface area contributed by atoms with Gasteiger partial charge in [-0.2, -0.15) is 0 Å². The predicted octanol–water partition coefficient (Wildman–Crippen LogP) is 4.91. The second-order valence-electron chi connectivity index (χ2n) is 3.89. The summed E-state index contributed by atoms with van der Waals surface area (Å²) in [4.78, 5) is 1.29. The van der Waals surface area contributed by atoms with Crippen LogP contribution in [0.4, 0.5) is 5.69 Å². The summed E-state index contributed by atoms with van der Waals surface area (Å²) in [5, 5.41) is 5.50. The molecule has 1 N–H and O–H groups in total. The van der Waals surface area contributed by atoms with E-state index in [4.69, 9.17) is 4.74 Å². The van der Waals surface area contributed by atoms with Crippen LogP contribution in [0.25, 0.3) is 0 Å². The lowest BCUT2D eigenvalue weighted by atomic mass is 10.3. The van der Waals surface area contributed by atoms with E-state index in [1.54, 1.807) is 11.3 Å². The molecule has 18 heavy (non-hydrogen) atoms. The maximum atomic E-state index is 5.72. The van der Waals surface area contributed by atoms with E-state index < -0.39 is 0 Å². The SMILES string of the molecule is CCCOc1ccccc1NCc1sccc1Br. The van der Waals surface area contributed by atoms with Gasteiger partial charge in [-0.05, 0) is 45.9 Å². The molecule has 1 aromatic heterocycles. The van der Waals surface area contributed by atoms with Crippen molar-refractivity contribution in [2.75, 3.05) is 11.9 Å². The van der Waals surface area contributed by atoms with E-state index in [1.165, 1.54) is 4.88 Å². The normalized spacial score (nSPS) is 10.3. The van der Waals surface area contributed by atoms with Crippen molar-refractivity contribution in [3.05, 3.63) is 45.1 Å². The number of para-hydroxylation sites is 2. The zero-order chi connectivity index (χ0) is 12.8. The van der Waals surface area contributed by atoms with E-state index in [-0.39, 0.29) is 0 Å². The Morgan fingerprint density at radius 3 is 2.83 bits per heavy atom. The van der Waals surface area contributed by atoms with Crippen molar-refractivity contribution in [2.24, 2.45) is 0 Å². The van der Waals surface area contributed by atoms with Crippen LogP contribution in [0.5, 0.6) is 5.75 Å². The number of halogens is 1. The van der Waals surface area contributed by atoms with Gasteiger partial charge in [-0.3, -0.25) is 0 Å². The number of rotatable bonds is 6. The fraction of sp³-hybridized carbons (Fsp3) is 0.286. The third-order valence-corrected chi connectivity index (χ3v) is 4.41. The number of benzene rings is 1. The molecule has 1 aromatic carbocycles. The highest BCUT2D eigenvalue weighted by molar-refractivity contribution is 9.10. The zero-order valence-electron chi connectivity index (χ0n) is 10.3. The fourth-order valence-corrected chi connectivity index (χ4v) is 3.01. The fourth-order valence-electron chi connectivity index (χ4n) is 1.58. The van der Waals surface area contributed by atoms with Crippen LogP contribution in [0.1, 0.15) is 18.2 Å². The Hall–Kier alpha value is -1.00. The second-order valence-corrected chi connectivity index (χ2v) is 5.74. The lowest BCUT2D eigenvalue weighted by Gasteiger charge is -2.12. The highest BCUT2D eigenvalue weighted by Crippen LogP contribution is 2.27. The maximum absolute atomic E-state index is 5.72. The van der Waals surface area contributed by atoms with Gasteiger partial charge in [-0.25, -0.2) is 0 Å². The van der Waals surface area contributed by atoms with Crippen molar-refractivity contribution in [1.29, 1.82) is 0 Å². The molecule has 1 heterocycles. The van der Waals surface area contributed by atoms with Crippen molar-refractivity contribution in [2.45, 2.75) is 19.9 Å². The van der Waals surface area contributed by atoms with E-state index in [9.17, 15) is 0 Å². The molecule has 0 aliphatic heterocycles. The third kappa shape index (κ3) is 3.50. The van der Waals surface area contributed by atoms with E-state index in [2.05, 4.69) is 39.6 Å². The van der Waals surface area contributed by atoms with E-state index in [0.29, 0.717) is 0 Å². The molecule has 0 bridgehead atoms. The summed E-state index contributed by atoms with van der Waals surface area (Å²) in [6, 6.07) is 10.1. The van der Waals surface area contributed by atoms with Crippen LogP contribution in [-0.4, -0.2) is 6.61 Å². The number of ether oxygens (including phenoxy) is 1. The summed E-state index contributed by atoms with van der Waals surface area (Å²) < 4.78 is 6.87. The van der Waals surface area contributed by atoms with Gasteiger partial charge >= 0.3 is 0 Å². The summed E-state index contributed by atoms with van der Waals surface area (Å²) in [5.41, 5.74) is 1.05. The highest BCUT2D eigenvalue weighted by atomic mass is 79.9. The van der Waals surface area contributed by atoms with Crippen LogP contribution in [0.15, 0.2) is 40.2 Å². The first-order valence-corrected chi connectivity index (χ1v) is 7.66. The molecule has 0 saturated heterocycles. The lowest BCUT2D eigenvalue weighted by Crippen LogP contribution is -2.02. The molecule has 0 aliphatic carbocycles. The molecular formula is C14H16BrNOS. The molecule has 0 radical (unpaired) electrons. The molecule has 2 rings (SSSR count). The van der Waals surface area contributed by atoms with Gasteiger partial charge in [0, 0.05) is 9.35 Å². The summed E-state index contributed by atoms with van der Waals surface area (Å²) in [5.74, 6) is 0.923. The first-order chi connectivity index (χ1) is 8.81. The van der Waals surface area contributed by atoms with Crippen LogP contribution in [0.3, 0.4) is 0 Å². The molecule has 0 spiro atoms. The van der Waals surface area contributed by atoms with Crippen molar-refractivity contribution < 1.29 is 4.74 Å². The standard InChI is InChI=1S/C14H16BrNOS/c1-2-8-17-13-6-4-3-5-12(13)16-10-14-11(15)7-9-18-14/h3-7,9,16H,2,8,10H2,1H3. The Balaban J connectivity index is 2.02. The number of nitrogens with one attached hydrogen (secondary N) is 1. The van der Waals surface area contributed by atoms with Gasteiger partial charge < -0.3 is 10.1 Å². The summed E-state index contributed by atoms with van der Waals surface area (Å²) in [6.45, 7) is 3.67. The van der Waals surface area contributed by atoms with Gasteiger partial charge in [0.15, 0.2) is 0 Å². The van der Waals surface area contributed by atoms with Gasteiger partial charge in [0.25, 0.3) is 0 Å². The molecule has 96 valence electrons. The topological polar surface area (TPSA) is 21.3 Å². The minimum Gasteiger partial charge on any atom is -0.491 e. The van der Waals surface area contributed by atoms with Crippen LogP contribution < -0.4 is 10.1 Å². The zero-order valence-corrected chi connectivity index (χ0v) is 12.7. The van der Waals surface area contributed by atoms with Crippen molar-refractivity contribution in [3.8, 4) is 5.75 Å². The Morgan fingerprint density at radius 2 is 2.11 bits per heavy atom. The number of thiophene rings is 1. The largest absolute Gasteiger partial charge is 0.491 e. The van der Waals surface area contributed by atoms with Crippen molar-refractivity contribution >= 4 is 33.0 Å². The van der Waals surface area contributed by atoms with Gasteiger partial charge in [0.1, 0.15) is 5.75 Å².